The molecule has 0 bridgehead atoms. The molecule has 3 aromatic carbocycles. The standard InChI is InChI=1S/C42H46N6O5/c1-5-7-20-46(21-8-6-2)42(52)37-22-28(3)48(45-37)38-19-18-33(43-39(50)25-36-29(4)53-40(44-36)30-14-10-9-11-15-30)24-35(38)41(51)47-26-32-17-13-12-16-31(32)23-34(47)27-49/h9-19,22,24,27,34H,5-8,20-21,23,25-26H2,1-4H3,(H,43,50)/t34-/m0/s1. The van der Waals surface area contributed by atoms with Crippen molar-refractivity contribution in [1.29, 1.82) is 0 Å². The maximum absolute atomic E-state index is 14.6. The lowest BCUT2D eigenvalue weighted by Gasteiger charge is -2.34. The summed E-state index contributed by atoms with van der Waals surface area (Å²) in [5.74, 6) is 0.0862. The van der Waals surface area contributed by atoms with Crippen molar-refractivity contribution < 1.29 is 23.6 Å². The van der Waals surface area contributed by atoms with Crippen molar-refractivity contribution in [2.24, 2.45) is 0 Å². The normalized spacial score (nSPS) is 13.7. The molecule has 0 saturated carbocycles. The fourth-order valence-electron chi connectivity index (χ4n) is 6.67. The average Bonchev–Trinajstić information content (AvgIpc) is 3.75. The van der Waals surface area contributed by atoms with Gasteiger partial charge >= 0.3 is 0 Å². The van der Waals surface area contributed by atoms with Crippen LogP contribution in [0.3, 0.4) is 0 Å². The second kappa shape index (κ2) is 16.7. The van der Waals surface area contributed by atoms with Crippen molar-refractivity contribution in [3.63, 3.8) is 0 Å². The van der Waals surface area contributed by atoms with Gasteiger partial charge in [-0.05, 0) is 74.2 Å². The minimum absolute atomic E-state index is 0.0420. The Morgan fingerprint density at radius 1 is 0.925 bits per heavy atom. The highest BCUT2D eigenvalue weighted by molar-refractivity contribution is 6.02. The molecule has 0 saturated heterocycles. The third-order valence-electron chi connectivity index (χ3n) is 9.64. The molecule has 3 heterocycles. The van der Waals surface area contributed by atoms with Crippen molar-refractivity contribution in [3.8, 4) is 17.1 Å². The minimum Gasteiger partial charge on any atom is -0.441 e. The van der Waals surface area contributed by atoms with E-state index in [0.29, 0.717) is 59.6 Å². The van der Waals surface area contributed by atoms with Gasteiger partial charge in [-0.15, -0.1) is 0 Å². The summed E-state index contributed by atoms with van der Waals surface area (Å²) < 4.78 is 7.46. The minimum atomic E-state index is -0.681. The number of nitrogens with zero attached hydrogens (tertiary/aromatic N) is 5. The molecule has 53 heavy (non-hydrogen) atoms. The topological polar surface area (TPSA) is 131 Å². The van der Waals surface area contributed by atoms with E-state index in [1.807, 2.05) is 66.4 Å². The Kier molecular flexibility index (Phi) is 11.6. The second-order valence-electron chi connectivity index (χ2n) is 13.5. The van der Waals surface area contributed by atoms with Gasteiger partial charge in [0, 0.05) is 43.0 Å². The smallest absolute Gasteiger partial charge is 0.274 e. The SMILES string of the molecule is CCCCN(CCCC)C(=O)c1cc(C)n(-c2ccc(NC(=O)Cc3nc(-c4ccccc4)oc3C)cc2C(=O)N2Cc3ccccc3C[C@H]2C=O)n1. The van der Waals surface area contributed by atoms with Gasteiger partial charge in [-0.3, -0.25) is 14.4 Å². The molecule has 6 rings (SSSR count). The summed E-state index contributed by atoms with van der Waals surface area (Å²) in [5, 5.41) is 7.67. The maximum Gasteiger partial charge on any atom is 0.274 e. The lowest BCUT2D eigenvalue weighted by atomic mass is 9.93. The highest BCUT2D eigenvalue weighted by Crippen LogP contribution is 2.29. The van der Waals surface area contributed by atoms with Crippen LogP contribution < -0.4 is 5.32 Å². The van der Waals surface area contributed by atoms with Crippen LogP contribution in [0.15, 0.2) is 83.3 Å². The summed E-state index contributed by atoms with van der Waals surface area (Å²) in [6.07, 6.45) is 4.87. The first kappa shape index (κ1) is 36.9. The van der Waals surface area contributed by atoms with Gasteiger partial charge in [0.1, 0.15) is 12.0 Å². The molecule has 1 aliphatic rings. The summed E-state index contributed by atoms with van der Waals surface area (Å²) >= 11 is 0. The van der Waals surface area contributed by atoms with Crippen LogP contribution in [0, 0.1) is 13.8 Å². The second-order valence-corrected chi connectivity index (χ2v) is 13.5. The number of aldehydes is 1. The van der Waals surface area contributed by atoms with E-state index in [9.17, 15) is 19.2 Å². The number of aromatic nitrogens is 3. The van der Waals surface area contributed by atoms with E-state index in [-0.39, 0.29) is 30.3 Å². The molecule has 0 unspecified atom stereocenters. The van der Waals surface area contributed by atoms with E-state index in [1.165, 1.54) is 0 Å². The number of nitrogens with one attached hydrogen (secondary N) is 1. The molecule has 11 nitrogen and oxygen atoms in total. The predicted octanol–water partition coefficient (Wildman–Crippen LogP) is 7.13. The molecule has 0 aliphatic carbocycles. The van der Waals surface area contributed by atoms with E-state index >= 15 is 0 Å². The summed E-state index contributed by atoms with van der Waals surface area (Å²) in [5.41, 5.74) is 5.31. The fraction of sp³-hybridized carbons (Fsp3) is 0.333. The Bertz CT molecular complexity index is 2090. The molecule has 1 atom stereocenters. The Hall–Kier alpha value is -5.84. The van der Waals surface area contributed by atoms with Gasteiger partial charge in [0.15, 0.2) is 5.69 Å². The Balaban J connectivity index is 1.33. The predicted molar refractivity (Wildman–Crippen MR) is 203 cm³/mol. The first-order chi connectivity index (χ1) is 25.7. The Morgan fingerprint density at radius 2 is 1.62 bits per heavy atom. The van der Waals surface area contributed by atoms with Crippen LogP contribution in [-0.2, 0) is 29.0 Å². The molecule has 0 fully saturated rings. The van der Waals surface area contributed by atoms with Crippen molar-refractivity contribution >= 4 is 29.7 Å². The van der Waals surface area contributed by atoms with Crippen molar-refractivity contribution in [3.05, 3.63) is 118 Å². The zero-order valence-electron chi connectivity index (χ0n) is 30.8. The van der Waals surface area contributed by atoms with E-state index < -0.39 is 11.9 Å². The Morgan fingerprint density at radius 3 is 2.32 bits per heavy atom. The molecule has 274 valence electrons. The summed E-state index contributed by atoms with van der Waals surface area (Å²) in [4.78, 5) is 62.1. The number of hydrogen-bond donors (Lipinski definition) is 1. The van der Waals surface area contributed by atoms with Crippen LogP contribution in [0.2, 0.25) is 0 Å². The summed E-state index contributed by atoms with van der Waals surface area (Å²) in [7, 11) is 0. The molecule has 1 N–H and O–H groups in total. The third kappa shape index (κ3) is 8.30. The number of fused-ring (bicyclic) bond motifs is 1. The monoisotopic (exact) mass is 714 g/mol. The lowest BCUT2D eigenvalue weighted by molar-refractivity contribution is -0.115. The van der Waals surface area contributed by atoms with Crippen LogP contribution >= 0.6 is 0 Å². The average molecular weight is 715 g/mol. The number of aryl methyl sites for hydroxylation is 2. The van der Waals surface area contributed by atoms with Crippen LogP contribution in [-0.4, -0.2) is 67.7 Å². The van der Waals surface area contributed by atoms with Crippen molar-refractivity contribution in [1.82, 2.24) is 24.6 Å². The molecular formula is C42H46N6O5. The number of hydrogen-bond acceptors (Lipinski definition) is 7. The molecule has 3 amide bonds. The van der Waals surface area contributed by atoms with E-state index in [2.05, 4.69) is 24.1 Å². The number of amides is 3. The Labute approximate surface area is 310 Å². The number of carbonyl (C=O) groups excluding carboxylic acids is 4. The number of carbonyl (C=O) groups is 4. The van der Waals surface area contributed by atoms with Gasteiger partial charge in [0.05, 0.1) is 29.4 Å². The molecular weight excluding hydrogens is 668 g/mol. The summed E-state index contributed by atoms with van der Waals surface area (Å²) in [6.45, 7) is 9.33. The zero-order valence-corrected chi connectivity index (χ0v) is 30.8. The zero-order chi connectivity index (χ0) is 37.5. The molecule has 11 heteroatoms. The third-order valence-corrected chi connectivity index (χ3v) is 9.64. The van der Waals surface area contributed by atoms with Gasteiger partial charge in [-0.1, -0.05) is 69.2 Å². The molecule has 0 radical (unpaired) electrons. The van der Waals surface area contributed by atoms with Crippen molar-refractivity contribution in [2.45, 2.75) is 78.8 Å². The van der Waals surface area contributed by atoms with Gasteiger partial charge in [-0.2, -0.15) is 5.10 Å². The van der Waals surface area contributed by atoms with Crippen LogP contribution in [0.1, 0.15) is 88.7 Å². The van der Waals surface area contributed by atoms with Crippen LogP contribution in [0.5, 0.6) is 0 Å². The van der Waals surface area contributed by atoms with Crippen LogP contribution in [0.4, 0.5) is 5.69 Å². The number of rotatable bonds is 14. The lowest BCUT2D eigenvalue weighted by Crippen LogP contribution is -2.45. The largest absolute Gasteiger partial charge is 0.441 e. The van der Waals surface area contributed by atoms with Crippen molar-refractivity contribution in [2.75, 3.05) is 18.4 Å². The highest BCUT2D eigenvalue weighted by Gasteiger charge is 2.32. The number of anilines is 1. The number of unbranched alkanes of at least 4 members (excludes halogenated alkanes) is 2. The maximum atomic E-state index is 14.6. The van der Waals surface area contributed by atoms with Gasteiger partial charge in [0.25, 0.3) is 11.8 Å². The molecule has 2 aromatic heterocycles. The molecule has 1 aliphatic heterocycles. The van der Waals surface area contributed by atoms with Crippen LogP contribution in [0.25, 0.3) is 17.1 Å². The fourth-order valence-corrected chi connectivity index (χ4v) is 6.67. The summed E-state index contributed by atoms with van der Waals surface area (Å²) in [6, 6.07) is 23.3. The van der Waals surface area contributed by atoms with E-state index in [4.69, 9.17) is 9.52 Å². The number of oxazole rings is 1. The first-order valence-electron chi connectivity index (χ1n) is 18.4. The van der Waals surface area contributed by atoms with E-state index in [0.717, 1.165) is 48.7 Å². The van der Waals surface area contributed by atoms with Gasteiger partial charge < -0.3 is 24.3 Å². The molecule has 0 spiro atoms. The molecule has 5 aromatic rings. The number of benzene rings is 3. The van der Waals surface area contributed by atoms with Gasteiger partial charge in [0.2, 0.25) is 11.8 Å². The quantitative estimate of drug-likeness (QED) is 0.121. The first-order valence-corrected chi connectivity index (χ1v) is 18.4. The highest BCUT2D eigenvalue weighted by atomic mass is 16.4. The van der Waals surface area contributed by atoms with E-state index in [1.54, 1.807) is 40.8 Å². The van der Waals surface area contributed by atoms with Gasteiger partial charge in [-0.25, -0.2) is 9.67 Å².